The number of amides is 1. The van der Waals surface area contributed by atoms with E-state index in [1.807, 2.05) is 0 Å². The molecule has 1 amide bonds. The SMILES string of the molecule is Cc1nn(C)cc1C(=O)NC(CC(=O)O)C(=O)O. The van der Waals surface area contributed by atoms with Crippen molar-refractivity contribution >= 4 is 17.8 Å². The molecule has 0 saturated carbocycles. The molecule has 8 nitrogen and oxygen atoms in total. The maximum atomic E-state index is 11.8. The molecule has 98 valence electrons. The monoisotopic (exact) mass is 255 g/mol. The van der Waals surface area contributed by atoms with Crippen LogP contribution < -0.4 is 5.32 Å². The minimum atomic E-state index is -1.46. The molecule has 0 bridgehead atoms. The van der Waals surface area contributed by atoms with E-state index in [-0.39, 0.29) is 5.56 Å². The summed E-state index contributed by atoms with van der Waals surface area (Å²) in [6, 6.07) is -1.46. The lowest BCUT2D eigenvalue weighted by Crippen LogP contribution is -2.42. The van der Waals surface area contributed by atoms with Crippen LogP contribution in [0, 0.1) is 6.92 Å². The molecule has 1 rings (SSSR count). The van der Waals surface area contributed by atoms with Crippen LogP contribution in [-0.2, 0) is 16.6 Å². The van der Waals surface area contributed by atoms with Crippen molar-refractivity contribution in [3.63, 3.8) is 0 Å². The Bertz CT molecular complexity index is 494. The van der Waals surface area contributed by atoms with Crippen LogP contribution in [0.4, 0.5) is 0 Å². The van der Waals surface area contributed by atoms with Crippen molar-refractivity contribution in [1.29, 1.82) is 0 Å². The van der Waals surface area contributed by atoms with Gasteiger partial charge in [0.1, 0.15) is 6.04 Å². The van der Waals surface area contributed by atoms with Crippen LogP contribution in [0.1, 0.15) is 22.5 Å². The normalized spacial score (nSPS) is 11.9. The van der Waals surface area contributed by atoms with Gasteiger partial charge < -0.3 is 15.5 Å². The summed E-state index contributed by atoms with van der Waals surface area (Å²) >= 11 is 0. The van der Waals surface area contributed by atoms with Crippen molar-refractivity contribution in [2.75, 3.05) is 0 Å². The molecule has 0 aromatic carbocycles. The van der Waals surface area contributed by atoms with Crippen molar-refractivity contribution < 1.29 is 24.6 Å². The minimum Gasteiger partial charge on any atom is -0.481 e. The topological polar surface area (TPSA) is 122 Å². The highest BCUT2D eigenvalue weighted by Gasteiger charge is 2.24. The maximum Gasteiger partial charge on any atom is 0.326 e. The van der Waals surface area contributed by atoms with Crippen LogP contribution >= 0.6 is 0 Å². The number of carboxylic acids is 2. The maximum absolute atomic E-state index is 11.8. The van der Waals surface area contributed by atoms with E-state index in [2.05, 4.69) is 10.4 Å². The predicted molar refractivity (Wildman–Crippen MR) is 59.1 cm³/mol. The molecule has 0 radical (unpaired) electrons. The van der Waals surface area contributed by atoms with Gasteiger partial charge in [-0.2, -0.15) is 5.10 Å². The van der Waals surface area contributed by atoms with Gasteiger partial charge in [-0.25, -0.2) is 4.79 Å². The average molecular weight is 255 g/mol. The van der Waals surface area contributed by atoms with E-state index in [0.717, 1.165) is 0 Å². The summed E-state index contributed by atoms with van der Waals surface area (Å²) in [5.74, 6) is -3.35. The summed E-state index contributed by atoms with van der Waals surface area (Å²) in [5.41, 5.74) is 0.656. The van der Waals surface area contributed by atoms with Gasteiger partial charge in [-0.05, 0) is 6.92 Å². The number of nitrogens with one attached hydrogen (secondary N) is 1. The Morgan fingerprint density at radius 3 is 2.44 bits per heavy atom. The van der Waals surface area contributed by atoms with Gasteiger partial charge >= 0.3 is 11.9 Å². The van der Waals surface area contributed by atoms with Crippen LogP contribution in [0.2, 0.25) is 0 Å². The Morgan fingerprint density at radius 1 is 1.44 bits per heavy atom. The van der Waals surface area contributed by atoms with E-state index < -0.39 is 30.3 Å². The number of nitrogens with zero attached hydrogens (tertiary/aromatic N) is 2. The van der Waals surface area contributed by atoms with E-state index in [1.54, 1.807) is 14.0 Å². The molecule has 8 heteroatoms. The van der Waals surface area contributed by atoms with E-state index in [9.17, 15) is 14.4 Å². The van der Waals surface area contributed by atoms with Crippen molar-refractivity contribution in [3.8, 4) is 0 Å². The Balaban J connectivity index is 2.81. The van der Waals surface area contributed by atoms with Crippen molar-refractivity contribution in [2.45, 2.75) is 19.4 Å². The molecule has 18 heavy (non-hydrogen) atoms. The van der Waals surface area contributed by atoms with Gasteiger partial charge in [-0.3, -0.25) is 14.3 Å². The molecule has 3 N–H and O–H groups in total. The van der Waals surface area contributed by atoms with Gasteiger partial charge in [0.25, 0.3) is 5.91 Å². The zero-order valence-corrected chi connectivity index (χ0v) is 9.88. The van der Waals surface area contributed by atoms with Crippen LogP contribution in [0.3, 0.4) is 0 Å². The fourth-order valence-electron chi connectivity index (χ4n) is 1.43. The molecule has 0 fully saturated rings. The molecule has 0 aliphatic heterocycles. The molecule has 1 atom stereocenters. The zero-order chi connectivity index (χ0) is 13.9. The number of hydrogen-bond donors (Lipinski definition) is 3. The largest absolute Gasteiger partial charge is 0.481 e. The standard InChI is InChI=1S/C10H13N3O5/c1-5-6(4-13(2)12-5)9(16)11-7(10(17)18)3-8(14)15/h4,7H,3H2,1-2H3,(H,11,16)(H,14,15)(H,17,18). The van der Waals surface area contributed by atoms with Gasteiger partial charge in [0.05, 0.1) is 17.7 Å². The van der Waals surface area contributed by atoms with Gasteiger partial charge in [-0.15, -0.1) is 0 Å². The first-order valence-corrected chi connectivity index (χ1v) is 5.07. The van der Waals surface area contributed by atoms with Gasteiger partial charge in [0, 0.05) is 13.2 Å². The van der Waals surface area contributed by atoms with Crippen LogP contribution in [0.5, 0.6) is 0 Å². The van der Waals surface area contributed by atoms with Crippen molar-refractivity contribution in [1.82, 2.24) is 15.1 Å². The predicted octanol–water partition coefficient (Wildman–Crippen LogP) is -0.614. The first kappa shape index (κ1) is 13.7. The van der Waals surface area contributed by atoms with Gasteiger partial charge in [-0.1, -0.05) is 0 Å². The first-order valence-electron chi connectivity index (χ1n) is 5.07. The first-order chi connectivity index (χ1) is 8.31. The summed E-state index contributed by atoms with van der Waals surface area (Å²) in [4.78, 5) is 33.0. The van der Waals surface area contributed by atoms with E-state index in [1.165, 1.54) is 10.9 Å². The molecule has 1 unspecified atom stereocenters. The summed E-state index contributed by atoms with van der Waals surface area (Å²) < 4.78 is 1.41. The quantitative estimate of drug-likeness (QED) is 0.645. The third kappa shape index (κ3) is 3.30. The lowest BCUT2D eigenvalue weighted by atomic mass is 10.2. The number of aryl methyl sites for hydroxylation is 2. The Labute approximate surface area is 102 Å². The third-order valence-electron chi connectivity index (χ3n) is 2.24. The van der Waals surface area contributed by atoms with Gasteiger partial charge in [0.2, 0.25) is 0 Å². The van der Waals surface area contributed by atoms with Crippen LogP contribution in [-0.4, -0.2) is 43.9 Å². The highest BCUT2D eigenvalue weighted by Crippen LogP contribution is 2.05. The fraction of sp³-hybridized carbons (Fsp3) is 0.400. The molecule has 1 aromatic heterocycles. The van der Waals surface area contributed by atoms with Crippen molar-refractivity contribution in [3.05, 3.63) is 17.5 Å². The number of rotatable bonds is 5. The van der Waals surface area contributed by atoms with E-state index in [4.69, 9.17) is 10.2 Å². The molecule has 1 aromatic rings. The second-order valence-electron chi connectivity index (χ2n) is 3.76. The molecule has 0 saturated heterocycles. The molecule has 0 aliphatic rings. The highest BCUT2D eigenvalue weighted by atomic mass is 16.4. The Hall–Kier alpha value is -2.38. The molecule has 0 spiro atoms. The Morgan fingerprint density at radius 2 is 2.06 bits per heavy atom. The number of aromatic nitrogens is 2. The van der Waals surface area contributed by atoms with Crippen LogP contribution in [0.25, 0.3) is 0 Å². The molecule has 0 aliphatic carbocycles. The minimum absolute atomic E-state index is 0.217. The smallest absolute Gasteiger partial charge is 0.326 e. The summed E-state index contributed by atoms with van der Waals surface area (Å²) in [6.45, 7) is 1.60. The fourth-order valence-corrected chi connectivity index (χ4v) is 1.43. The average Bonchev–Trinajstić information content (AvgIpc) is 2.56. The lowest BCUT2D eigenvalue weighted by molar-refractivity contribution is -0.145. The van der Waals surface area contributed by atoms with Crippen LogP contribution in [0.15, 0.2) is 6.20 Å². The Kier molecular flexibility index (Phi) is 4.03. The molecule has 1 heterocycles. The number of aliphatic carboxylic acids is 2. The molecular formula is C10H13N3O5. The second kappa shape index (κ2) is 5.30. The number of carbonyl (C=O) groups is 3. The number of carboxylic acid groups (broad SMARTS) is 2. The highest BCUT2D eigenvalue weighted by molar-refractivity contribution is 5.97. The van der Waals surface area contributed by atoms with Crippen molar-refractivity contribution in [2.24, 2.45) is 7.05 Å². The lowest BCUT2D eigenvalue weighted by Gasteiger charge is -2.11. The summed E-state index contributed by atoms with van der Waals surface area (Å²) in [6.07, 6.45) is 0.755. The second-order valence-corrected chi connectivity index (χ2v) is 3.76. The van der Waals surface area contributed by atoms with Gasteiger partial charge in [0.15, 0.2) is 0 Å². The van der Waals surface area contributed by atoms with E-state index >= 15 is 0 Å². The van der Waals surface area contributed by atoms with E-state index in [0.29, 0.717) is 5.69 Å². The molecular weight excluding hydrogens is 242 g/mol. The third-order valence-corrected chi connectivity index (χ3v) is 2.24. The number of hydrogen-bond acceptors (Lipinski definition) is 4. The zero-order valence-electron chi connectivity index (χ0n) is 9.88. The summed E-state index contributed by atoms with van der Waals surface area (Å²) in [5, 5.41) is 23.4. The summed E-state index contributed by atoms with van der Waals surface area (Å²) in [7, 11) is 1.62. The number of carbonyl (C=O) groups excluding carboxylic acids is 1.